The van der Waals surface area contributed by atoms with Crippen LogP contribution < -0.4 is 5.32 Å². The van der Waals surface area contributed by atoms with Crippen LogP contribution in [0.25, 0.3) is 11.0 Å². The van der Waals surface area contributed by atoms with Crippen LogP contribution in [0.3, 0.4) is 0 Å². The fourth-order valence-corrected chi connectivity index (χ4v) is 3.04. The topological polar surface area (TPSA) is 104 Å². The Bertz CT molecular complexity index is 1110. The van der Waals surface area contributed by atoms with Crippen molar-refractivity contribution in [1.29, 1.82) is 0 Å². The van der Waals surface area contributed by atoms with E-state index in [1.54, 1.807) is 18.2 Å². The summed E-state index contributed by atoms with van der Waals surface area (Å²) >= 11 is 5.94. The number of benzene rings is 2. The van der Waals surface area contributed by atoms with Gasteiger partial charge in [0, 0.05) is 17.7 Å². The van der Waals surface area contributed by atoms with E-state index in [4.69, 9.17) is 21.4 Å². The van der Waals surface area contributed by atoms with E-state index in [9.17, 15) is 22.8 Å². The van der Waals surface area contributed by atoms with E-state index in [0.717, 1.165) is 12.1 Å². The molecule has 3 aromatic rings. The highest BCUT2D eigenvalue weighted by Crippen LogP contribution is 2.33. The van der Waals surface area contributed by atoms with Gasteiger partial charge in [0.2, 0.25) is 0 Å². The summed E-state index contributed by atoms with van der Waals surface area (Å²) in [6.45, 7) is -0.0152. The Morgan fingerprint density at radius 3 is 2.63 bits per heavy atom. The second-order valence-corrected chi connectivity index (χ2v) is 6.76. The number of carboxylic acid groups (broad SMARTS) is 1. The monoisotopic (exact) mass is 441 g/mol. The predicted octanol–water partition coefficient (Wildman–Crippen LogP) is 4.05. The van der Waals surface area contributed by atoms with Gasteiger partial charge in [-0.3, -0.25) is 4.79 Å². The minimum Gasteiger partial charge on any atom is -0.478 e. The molecule has 1 amide bonds. The maximum atomic E-state index is 13.2. The molecule has 1 heterocycles. The number of H-pyrrole nitrogens is 1. The summed E-state index contributed by atoms with van der Waals surface area (Å²) in [5, 5.41) is 12.0. The largest absolute Gasteiger partial charge is 0.478 e. The Morgan fingerprint density at radius 1 is 1.27 bits per heavy atom. The summed E-state index contributed by atoms with van der Waals surface area (Å²) in [5.41, 5.74) is -1.52. The number of imidazole rings is 1. The van der Waals surface area contributed by atoms with Gasteiger partial charge in [0.15, 0.2) is 0 Å². The molecule has 2 aromatic carbocycles. The quantitative estimate of drug-likeness (QED) is 0.535. The Balaban J connectivity index is 1.92. The molecule has 158 valence electrons. The van der Waals surface area contributed by atoms with Gasteiger partial charge in [0.1, 0.15) is 11.9 Å². The van der Waals surface area contributed by atoms with Crippen LogP contribution in [-0.4, -0.2) is 40.7 Å². The van der Waals surface area contributed by atoms with Gasteiger partial charge in [-0.05, 0) is 36.4 Å². The van der Waals surface area contributed by atoms with E-state index < -0.39 is 35.2 Å². The number of rotatable bonds is 6. The summed E-state index contributed by atoms with van der Waals surface area (Å²) in [7, 11) is 1.39. The molecule has 0 fully saturated rings. The highest BCUT2D eigenvalue weighted by molar-refractivity contribution is 6.31. The zero-order valence-corrected chi connectivity index (χ0v) is 16.1. The molecule has 0 spiro atoms. The molecular weight excluding hydrogens is 427 g/mol. The van der Waals surface area contributed by atoms with Crippen LogP contribution in [0.1, 0.15) is 38.1 Å². The number of ether oxygens (including phenoxy) is 1. The third kappa shape index (κ3) is 4.55. The van der Waals surface area contributed by atoms with Crippen molar-refractivity contribution in [3.05, 3.63) is 63.9 Å². The van der Waals surface area contributed by atoms with Crippen LogP contribution >= 0.6 is 11.6 Å². The van der Waals surface area contributed by atoms with E-state index in [2.05, 4.69) is 15.3 Å². The van der Waals surface area contributed by atoms with Crippen molar-refractivity contribution >= 4 is 34.5 Å². The van der Waals surface area contributed by atoms with Crippen LogP contribution in [0.2, 0.25) is 5.02 Å². The van der Waals surface area contributed by atoms with Crippen molar-refractivity contribution in [2.75, 3.05) is 13.7 Å². The number of carbonyl (C=O) groups excluding carboxylic acids is 1. The number of aromatic carboxylic acids is 1. The summed E-state index contributed by atoms with van der Waals surface area (Å²) in [4.78, 5) is 31.0. The first kappa shape index (κ1) is 21.6. The molecule has 11 heteroatoms. The third-order valence-electron chi connectivity index (χ3n) is 4.25. The first-order valence-electron chi connectivity index (χ1n) is 8.49. The van der Waals surface area contributed by atoms with Gasteiger partial charge in [-0.15, -0.1) is 0 Å². The zero-order chi connectivity index (χ0) is 22.1. The number of carboxylic acids is 1. The van der Waals surface area contributed by atoms with Crippen LogP contribution in [0.15, 0.2) is 36.4 Å². The van der Waals surface area contributed by atoms with Gasteiger partial charge in [-0.1, -0.05) is 11.6 Å². The van der Waals surface area contributed by atoms with Gasteiger partial charge in [-0.2, -0.15) is 13.2 Å². The van der Waals surface area contributed by atoms with Crippen molar-refractivity contribution in [3.8, 4) is 0 Å². The molecule has 1 atom stereocenters. The maximum absolute atomic E-state index is 13.2. The van der Waals surface area contributed by atoms with Crippen LogP contribution in [-0.2, 0) is 10.9 Å². The highest BCUT2D eigenvalue weighted by atomic mass is 35.5. The number of methoxy groups -OCH3 is 1. The zero-order valence-electron chi connectivity index (χ0n) is 15.4. The van der Waals surface area contributed by atoms with Gasteiger partial charge < -0.3 is 20.1 Å². The number of amides is 1. The molecule has 3 N–H and O–H groups in total. The number of hydrogen-bond donors (Lipinski definition) is 3. The molecule has 0 radical (unpaired) electrons. The number of nitrogens with zero attached hydrogens (tertiary/aromatic N) is 1. The predicted molar refractivity (Wildman–Crippen MR) is 102 cm³/mol. The van der Waals surface area contributed by atoms with Gasteiger partial charge >= 0.3 is 12.1 Å². The van der Waals surface area contributed by atoms with E-state index in [0.29, 0.717) is 27.9 Å². The van der Waals surface area contributed by atoms with Crippen molar-refractivity contribution in [3.63, 3.8) is 0 Å². The summed E-state index contributed by atoms with van der Waals surface area (Å²) in [6, 6.07) is 6.40. The molecule has 0 saturated heterocycles. The first-order chi connectivity index (χ1) is 14.1. The van der Waals surface area contributed by atoms with Gasteiger partial charge in [0.25, 0.3) is 5.91 Å². The van der Waals surface area contributed by atoms with Crippen molar-refractivity contribution in [2.45, 2.75) is 12.2 Å². The average molecular weight is 442 g/mol. The molecule has 0 aliphatic heterocycles. The normalized spacial score (nSPS) is 12.7. The average Bonchev–Trinajstić information content (AvgIpc) is 3.09. The lowest BCUT2D eigenvalue weighted by molar-refractivity contribution is -0.138. The number of hydrogen-bond acceptors (Lipinski definition) is 4. The molecule has 0 bridgehead atoms. The van der Waals surface area contributed by atoms with Crippen LogP contribution in [0.5, 0.6) is 0 Å². The molecular formula is C19H15ClF3N3O4. The first-order valence-corrected chi connectivity index (χ1v) is 8.87. The molecule has 3 rings (SSSR count). The summed E-state index contributed by atoms with van der Waals surface area (Å²) in [5.74, 6) is -2.27. The second kappa shape index (κ2) is 8.33. The number of nitrogens with one attached hydrogen (secondary N) is 2. The Hall–Kier alpha value is -3.11. The summed E-state index contributed by atoms with van der Waals surface area (Å²) in [6.07, 6.45) is -4.94. The molecule has 7 nitrogen and oxygen atoms in total. The fraction of sp³-hybridized carbons (Fsp3) is 0.211. The minimum absolute atomic E-state index is 0.0152. The van der Waals surface area contributed by atoms with Gasteiger partial charge in [0.05, 0.1) is 28.8 Å². The molecule has 1 aromatic heterocycles. The number of carbonyl (C=O) groups is 2. The Labute approximate surface area is 172 Å². The van der Waals surface area contributed by atoms with Crippen molar-refractivity contribution in [1.82, 2.24) is 15.3 Å². The second-order valence-electron chi connectivity index (χ2n) is 6.33. The number of alkyl halides is 3. The number of aromatic amines is 1. The lowest BCUT2D eigenvalue weighted by Gasteiger charge is -2.17. The Morgan fingerprint density at radius 2 is 2.00 bits per heavy atom. The molecule has 0 aliphatic carbocycles. The van der Waals surface area contributed by atoms with E-state index in [1.807, 2.05) is 0 Å². The standard InChI is InChI=1S/C19H15ClF3N3O4/c1-30-8-15(16-24-13-5-3-10(20)7-14(13)25-16)26-17(27)9-2-4-11(18(28)29)12(6-9)19(21,22)23/h2-7,15H,8H2,1H3,(H,24,25)(H,26,27)(H,28,29). The molecule has 0 aliphatic rings. The minimum atomic E-state index is -4.94. The van der Waals surface area contributed by atoms with Crippen molar-refractivity contribution < 1.29 is 32.6 Å². The van der Waals surface area contributed by atoms with E-state index >= 15 is 0 Å². The lowest BCUT2D eigenvalue weighted by atomic mass is 10.0. The highest BCUT2D eigenvalue weighted by Gasteiger charge is 2.36. The SMILES string of the molecule is COCC(NC(=O)c1ccc(C(=O)O)c(C(F)(F)F)c1)c1nc2ccc(Cl)cc2[nH]1. The number of halogens is 4. The summed E-state index contributed by atoms with van der Waals surface area (Å²) < 4.78 is 44.7. The fourth-order valence-electron chi connectivity index (χ4n) is 2.87. The molecule has 30 heavy (non-hydrogen) atoms. The smallest absolute Gasteiger partial charge is 0.417 e. The molecule has 1 unspecified atom stereocenters. The third-order valence-corrected chi connectivity index (χ3v) is 4.48. The van der Waals surface area contributed by atoms with E-state index in [-0.39, 0.29) is 12.2 Å². The number of aromatic nitrogens is 2. The number of fused-ring (bicyclic) bond motifs is 1. The van der Waals surface area contributed by atoms with E-state index in [1.165, 1.54) is 7.11 Å². The van der Waals surface area contributed by atoms with Crippen LogP contribution in [0.4, 0.5) is 13.2 Å². The lowest BCUT2D eigenvalue weighted by Crippen LogP contribution is -2.32. The Kier molecular flexibility index (Phi) is 5.99. The van der Waals surface area contributed by atoms with Crippen molar-refractivity contribution in [2.24, 2.45) is 0 Å². The van der Waals surface area contributed by atoms with Crippen LogP contribution in [0, 0.1) is 0 Å². The molecule has 0 saturated carbocycles. The van der Waals surface area contributed by atoms with Gasteiger partial charge in [-0.25, -0.2) is 9.78 Å². The maximum Gasteiger partial charge on any atom is 0.417 e.